The second kappa shape index (κ2) is 8.21. The molecule has 1 saturated heterocycles. The maximum Gasteiger partial charge on any atom is 0.417 e. The van der Waals surface area contributed by atoms with E-state index in [9.17, 15) is 9.59 Å². The number of oxazole rings is 1. The first-order chi connectivity index (χ1) is 13.7. The van der Waals surface area contributed by atoms with Gasteiger partial charge in [-0.1, -0.05) is 18.2 Å². The van der Waals surface area contributed by atoms with Crippen LogP contribution in [0, 0.1) is 0 Å². The second-order valence-electron chi connectivity index (χ2n) is 6.83. The highest BCUT2D eigenvalue weighted by Gasteiger charge is 2.21. The molecule has 1 aliphatic heterocycles. The molecule has 1 aliphatic rings. The molecule has 1 fully saturated rings. The summed E-state index contributed by atoms with van der Waals surface area (Å²) in [5.74, 6) is 0.556. The van der Waals surface area contributed by atoms with Gasteiger partial charge in [-0.05, 0) is 30.7 Å². The highest BCUT2D eigenvalue weighted by molar-refractivity contribution is 5.78. The number of benzene rings is 2. The monoisotopic (exact) mass is 381 g/mol. The molecule has 3 aromatic rings. The number of carbonyl (C=O) groups is 1. The van der Waals surface area contributed by atoms with E-state index in [1.807, 2.05) is 53.4 Å². The standard InChI is InChI=1S/C21H23N3O4/c25-20(7-4-14-27-17-5-2-1-3-6-17)24-12-10-23(11-13-24)16-8-9-18-19(15-16)28-21(26)22-18/h1-3,5-6,8-9,15H,4,7,10-14H2,(H,22,26). The number of piperazine rings is 1. The number of para-hydroxylation sites is 1. The maximum atomic E-state index is 12.4. The third-order valence-electron chi connectivity index (χ3n) is 4.95. The number of rotatable bonds is 6. The van der Waals surface area contributed by atoms with Crippen molar-refractivity contribution in [2.24, 2.45) is 0 Å². The molecule has 2 heterocycles. The SMILES string of the molecule is O=C(CCCOc1ccccc1)N1CCN(c2ccc3[nH]c(=O)oc3c2)CC1. The molecule has 0 saturated carbocycles. The first-order valence-electron chi connectivity index (χ1n) is 9.52. The molecule has 1 N–H and O–H groups in total. The van der Waals surface area contributed by atoms with Crippen LogP contribution in [0.15, 0.2) is 57.7 Å². The third kappa shape index (κ3) is 4.19. The third-order valence-corrected chi connectivity index (χ3v) is 4.95. The normalized spacial score (nSPS) is 14.4. The van der Waals surface area contributed by atoms with Crippen molar-refractivity contribution < 1.29 is 13.9 Å². The van der Waals surface area contributed by atoms with Crippen LogP contribution in [0.4, 0.5) is 5.69 Å². The summed E-state index contributed by atoms with van der Waals surface area (Å²) in [6.07, 6.45) is 1.20. The van der Waals surface area contributed by atoms with Crippen molar-refractivity contribution in [2.75, 3.05) is 37.7 Å². The van der Waals surface area contributed by atoms with Crippen molar-refractivity contribution in [3.05, 3.63) is 59.1 Å². The molecule has 0 aliphatic carbocycles. The van der Waals surface area contributed by atoms with Crippen molar-refractivity contribution in [3.63, 3.8) is 0 Å². The van der Waals surface area contributed by atoms with Gasteiger partial charge in [0.1, 0.15) is 5.75 Å². The van der Waals surface area contributed by atoms with Gasteiger partial charge < -0.3 is 19.0 Å². The summed E-state index contributed by atoms with van der Waals surface area (Å²) in [6, 6.07) is 15.3. The minimum absolute atomic E-state index is 0.170. The van der Waals surface area contributed by atoms with Gasteiger partial charge in [0, 0.05) is 44.4 Å². The lowest BCUT2D eigenvalue weighted by Gasteiger charge is -2.36. The molecule has 7 nitrogen and oxygen atoms in total. The molecule has 146 valence electrons. The Kier molecular flexibility index (Phi) is 5.32. The van der Waals surface area contributed by atoms with Crippen molar-refractivity contribution in [2.45, 2.75) is 12.8 Å². The topological polar surface area (TPSA) is 78.8 Å². The quantitative estimate of drug-likeness (QED) is 0.664. The zero-order chi connectivity index (χ0) is 19.3. The largest absolute Gasteiger partial charge is 0.494 e. The number of nitrogens with one attached hydrogen (secondary N) is 1. The molecular formula is C21H23N3O4. The van der Waals surface area contributed by atoms with Gasteiger partial charge in [-0.2, -0.15) is 0 Å². The van der Waals surface area contributed by atoms with E-state index in [1.165, 1.54) is 0 Å². The van der Waals surface area contributed by atoms with Crippen LogP contribution in [0.2, 0.25) is 0 Å². The molecule has 0 atom stereocenters. The van der Waals surface area contributed by atoms with Crippen molar-refractivity contribution in [3.8, 4) is 5.75 Å². The van der Waals surface area contributed by atoms with E-state index < -0.39 is 5.76 Å². The minimum atomic E-state index is -0.446. The predicted octanol–water partition coefficient (Wildman–Crippen LogP) is 2.63. The van der Waals surface area contributed by atoms with E-state index in [1.54, 1.807) is 0 Å². The van der Waals surface area contributed by atoms with Crippen LogP contribution in [-0.4, -0.2) is 48.6 Å². The van der Waals surface area contributed by atoms with Crippen LogP contribution in [0.5, 0.6) is 5.75 Å². The molecule has 0 bridgehead atoms. The number of hydrogen-bond acceptors (Lipinski definition) is 5. The van der Waals surface area contributed by atoms with Gasteiger partial charge in [0.25, 0.3) is 0 Å². The average Bonchev–Trinajstić information content (AvgIpc) is 3.11. The number of amides is 1. The molecule has 1 amide bonds. The van der Waals surface area contributed by atoms with Gasteiger partial charge >= 0.3 is 5.76 Å². The zero-order valence-corrected chi connectivity index (χ0v) is 15.6. The molecule has 1 aromatic heterocycles. The van der Waals surface area contributed by atoms with E-state index in [0.29, 0.717) is 43.6 Å². The fraction of sp³-hybridized carbons (Fsp3) is 0.333. The number of aromatic amines is 1. The van der Waals surface area contributed by atoms with Crippen LogP contribution in [0.1, 0.15) is 12.8 Å². The Morgan fingerprint density at radius 3 is 2.64 bits per heavy atom. The van der Waals surface area contributed by atoms with Gasteiger partial charge in [-0.25, -0.2) is 4.79 Å². The number of H-pyrrole nitrogens is 1. The molecule has 0 radical (unpaired) electrons. The Labute approximate surface area is 162 Å². The van der Waals surface area contributed by atoms with Gasteiger partial charge in [0.05, 0.1) is 12.1 Å². The Balaban J connectivity index is 1.23. The van der Waals surface area contributed by atoms with Crippen molar-refractivity contribution >= 4 is 22.7 Å². The first kappa shape index (κ1) is 18.2. The van der Waals surface area contributed by atoms with Crippen molar-refractivity contribution in [1.29, 1.82) is 0 Å². The lowest BCUT2D eigenvalue weighted by atomic mass is 10.2. The van der Waals surface area contributed by atoms with E-state index in [2.05, 4.69) is 9.88 Å². The van der Waals surface area contributed by atoms with E-state index in [4.69, 9.17) is 9.15 Å². The Morgan fingerprint density at radius 2 is 1.86 bits per heavy atom. The number of anilines is 1. The Hall–Kier alpha value is -3.22. The van der Waals surface area contributed by atoms with Crippen LogP contribution < -0.4 is 15.4 Å². The minimum Gasteiger partial charge on any atom is -0.494 e. The molecular weight excluding hydrogens is 358 g/mol. The van der Waals surface area contributed by atoms with E-state index >= 15 is 0 Å². The fourth-order valence-electron chi connectivity index (χ4n) is 3.43. The number of nitrogens with zero attached hydrogens (tertiary/aromatic N) is 2. The smallest absolute Gasteiger partial charge is 0.417 e. The molecule has 28 heavy (non-hydrogen) atoms. The summed E-state index contributed by atoms with van der Waals surface area (Å²) in [6.45, 7) is 3.43. The van der Waals surface area contributed by atoms with Crippen LogP contribution in [0.3, 0.4) is 0 Å². The van der Waals surface area contributed by atoms with Gasteiger partial charge in [0.2, 0.25) is 5.91 Å². The second-order valence-corrected chi connectivity index (χ2v) is 6.83. The molecule has 4 rings (SSSR count). The highest BCUT2D eigenvalue weighted by atomic mass is 16.5. The van der Waals surface area contributed by atoms with E-state index in [-0.39, 0.29) is 5.91 Å². The summed E-state index contributed by atoms with van der Waals surface area (Å²) in [5.41, 5.74) is 2.25. The average molecular weight is 381 g/mol. The molecule has 7 heteroatoms. The molecule has 2 aromatic carbocycles. The Bertz CT molecular complexity index is 988. The maximum absolute atomic E-state index is 12.4. The Morgan fingerprint density at radius 1 is 1.07 bits per heavy atom. The first-order valence-corrected chi connectivity index (χ1v) is 9.52. The highest BCUT2D eigenvalue weighted by Crippen LogP contribution is 2.21. The number of aromatic nitrogens is 1. The summed E-state index contributed by atoms with van der Waals surface area (Å²) in [5, 5.41) is 0. The lowest BCUT2D eigenvalue weighted by Crippen LogP contribution is -2.48. The van der Waals surface area contributed by atoms with Crippen LogP contribution in [-0.2, 0) is 4.79 Å². The zero-order valence-electron chi connectivity index (χ0n) is 15.6. The number of fused-ring (bicyclic) bond motifs is 1. The predicted molar refractivity (Wildman–Crippen MR) is 107 cm³/mol. The molecule has 0 spiro atoms. The fourth-order valence-corrected chi connectivity index (χ4v) is 3.43. The van der Waals surface area contributed by atoms with Crippen molar-refractivity contribution in [1.82, 2.24) is 9.88 Å². The van der Waals surface area contributed by atoms with E-state index in [0.717, 1.165) is 24.5 Å². The lowest BCUT2D eigenvalue weighted by molar-refractivity contribution is -0.131. The van der Waals surface area contributed by atoms with Crippen LogP contribution in [0.25, 0.3) is 11.1 Å². The summed E-state index contributed by atoms with van der Waals surface area (Å²) >= 11 is 0. The molecule has 0 unspecified atom stereocenters. The summed E-state index contributed by atoms with van der Waals surface area (Å²) < 4.78 is 10.8. The van der Waals surface area contributed by atoms with Gasteiger partial charge in [0.15, 0.2) is 5.58 Å². The number of carbonyl (C=O) groups excluding carboxylic acids is 1. The van der Waals surface area contributed by atoms with Gasteiger partial charge in [-0.15, -0.1) is 0 Å². The van der Waals surface area contributed by atoms with Crippen LogP contribution >= 0.6 is 0 Å². The number of hydrogen-bond donors (Lipinski definition) is 1. The summed E-state index contributed by atoms with van der Waals surface area (Å²) in [4.78, 5) is 30.5. The number of ether oxygens (including phenoxy) is 1. The van der Waals surface area contributed by atoms with Gasteiger partial charge in [-0.3, -0.25) is 9.78 Å². The summed E-state index contributed by atoms with van der Waals surface area (Å²) in [7, 11) is 0.